The molecular formula is C19H20N2O2. The van der Waals surface area contributed by atoms with Crippen LogP contribution in [0.5, 0.6) is 5.75 Å². The van der Waals surface area contributed by atoms with Gasteiger partial charge in [-0.2, -0.15) is 0 Å². The van der Waals surface area contributed by atoms with Gasteiger partial charge in [0.05, 0.1) is 7.11 Å². The van der Waals surface area contributed by atoms with Crippen molar-refractivity contribution in [2.75, 3.05) is 26.7 Å². The Balaban J connectivity index is 1.90. The fourth-order valence-electron chi connectivity index (χ4n) is 3.88. The Morgan fingerprint density at radius 2 is 1.96 bits per heavy atom. The summed E-state index contributed by atoms with van der Waals surface area (Å²) in [7, 11) is 1.70. The van der Waals surface area contributed by atoms with Crippen LogP contribution in [0.3, 0.4) is 0 Å². The summed E-state index contributed by atoms with van der Waals surface area (Å²) in [6.45, 7) is 2.45. The van der Waals surface area contributed by atoms with Gasteiger partial charge in [-0.3, -0.25) is 9.69 Å². The number of ether oxygens (including phenoxy) is 1. The largest absolute Gasteiger partial charge is 0.496 e. The maximum Gasteiger partial charge on any atom is 0.242 e. The van der Waals surface area contributed by atoms with Crippen LogP contribution in [-0.2, 0) is 4.79 Å². The highest BCUT2D eigenvalue weighted by Gasteiger charge is 2.40. The first-order valence-electron chi connectivity index (χ1n) is 8.03. The molecule has 0 saturated carbocycles. The minimum atomic E-state index is -0.200. The van der Waals surface area contributed by atoms with Gasteiger partial charge in [0.1, 0.15) is 11.8 Å². The molecule has 0 aliphatic carbocycles. The molecule has 2 heterocycles. The number of hydrogen-bond donors (Lipinski definition) is 1. The van der Waals surface area contributed by atoms with E-state index in [0.717, 1.165) is 36.5 Å². The van der Waals surface area contributed by atoms with Crippen molar-refractivity contribution in [3.05, 3.63) is 65.2 Å². The number of methoxy groups -OCH3 is 1. The van der Waals surface area contributed by atoms with Gasteiger partial charge in [0.15, 0.2) is 0 Å². The van der Waals surface area contributed by atoms with E-state index in [9.17, 15) is 4.79 Å². The average molecular weight is 308 g/mol. The third-order valence-electron chi connectivity index (χ3n) is 4.89. The van der Waals surface area contributed by atoms with Gasteiger partial charge in [-0.15, -0.1) is 0 Å². The van der Waals surface area contributed by atoms with Gasteiger partial charge in [0.25, 0.3) is 0 Å². The van der Waals surface area contributed by atoms with E-state index in [-0.39, 0.29) is 17.9 Å². The summed E-state index contributed by atoms with van der Waals surface area (Å²) < 4.78 is 5.63. The zero-order valence-electron chi connectivity index (χ0n) is 13.2. The fourth-order valence-corrected chi connectivity index (χ4v) is 3.88. The summed E-state index contributed by atoms with van der Waals surface area (Å²) in [5.74, 6) is 1.19. The summed E-state index contributed by atoms with van der Waals surface area (Å²) >= 11 is 0. The zero-order valence-corrected chi connectivity index (χ0v) is 13.2. The van der Waals surface area contributed by atoms with E-state index >= 15 is 0 Å². The normalized spacial score (nSPS) is 23.6. The molecule has 1 N–H and O–H groups in total. The number of carbonyl (C=O) groups excluding carboxylic acids is 1. The predicted molar refractivity (Wildman–Crippen MR) is 88.6 cm³/mol. The Morgan fingerprint density at radius 1 is 1.13 bits per heavy atom. The van der Waals surface area contributed by atoms with E-state index in [1.165, 1.54) is 5.56 Å². The number of nitrogens with zero attached hydrogens (tertiary/aromatic N) is 1. The number of benzene rings is 2. The Morgan fingerprint density at radius 3 is 2.74 bits per heavy atom. The van der Waals surface area contributed by atoms with Crippen LogP contribution in [-0.4, -0.2) is 37.6 Å². The van der Waals surface area contributed by atoms with E-state index < -0.39 is 0 Å². The van der Waals surface area contributed by atoms with E-state index in [1.807, 2.05) is 18.2 Å². The Hall–Kier alpha value is -2.33. The molecule has 1 saturated heterocycles. The second kappa shape index (κ2) is 5.70. The predicted octanol–water partition coefficient (Wildman–Crippen LogP) is 2.31. The summed E-state index contributed by atoms with van der Waals surface area (Å²) in [5.41, 5.74) is 3.49. The number of fused-ring (bicyclic) bond motifs is 3. The van der Waals surface area contributed by atoms with Crippen LogP contribution < -0.4 is 10.1 Å². The SMILES string of the molecule is COc1cccc2c1[C@@H](c1ccccc1)CN1CCNC(=O)[C@H]21. The van der Waals surface area contributed by atoms with Crippen LogP contribution in [0.15, 0.2) is 48.5 Å². The molecule has 0 radical (unpaired) electrons. The Bertz CT molecular complexity index is 729. The van der Waals surface area contributed by atoms with E-state index in [0.29, 0.717) is 0 Å². The van der Waals surface area contributed by atoms with Crippen LogP contribution in [0.2, 0.25) is 0 Å². The summed E-state index contributed by atoms with van der Waals surface area (Å²) in [5, 5.41) is 2.99. The molecule has 0 bridgehead atoms. The highest BCUT2D eigenvalue weighted by molar-refractivity contribution is 5.85. The molecule has 2 atom stereocenters. The number of amides is 1. The van der Waals surface area contributed by atoms with Crippen molar-refractivity contribution in [2.24, 2.45) is 0 Å². The Labute approximate surface area is 136 Å². The third-order valence-corrected chi connectivity index (χ3v) is 4.89. The highest BCUT2D eigenvalue weighted by atomic mass is 16.5. The standard InChI is InChI=1S/C19H20N2O2/c1-23-16-9-5-8-14-17(16)15(13-6-3-2-4-7-13)12-21-11-10-20-19(22)18(14)21/h2-9,15,18H,10-12H2,1H3,(H,20,22)/t15-,18+/m1/s1. The maximum absolute atomic E-state index is 12.4. The summed E-state index contributed by atoms with van der Waals surface area (Å²) in [4.78, 5) is 14.7. The van der Waals surface area contributed by atoms with Gasteiger partial charge in [0, 0.05) is 31.1 Å². The van der Waals surface area contributed by atoms with Crippen LogP contribution in [0.4, 0.5) is 0 Å². The lowest BCUT2D eigenvalue weighted by Gasteiger charge is -2.43. The molecule has 4 nitrogen and oxygen atoms in total. The molecule has 118 valence electrons. The van der Waals surface area contributed by atoms with Crippen molar-refractivity contribution < 1.29 is 9.53 Å². The third kappa shape index (κ3) is 2.30. The number of carbonyl (C=O) groups is 1. The second-order valence-electron chi connectivity index (χ2n) is 6.11. The second-order valence-corrected chi connectivity index (χ2v) is 6.11. The summed E-state index contributed by atoms with van der Waals surface area (Å²) in [6.07, 6.45) is 0. The van der Waals surface area contributed by atoms with Crippen molar-refractivity contribution in [3.63, 3.8) is 0 Å². The molecule has 4 rings (SSSR count). The zero-order chi connectivity index (χ0) is 15.8. The summed E-state index contributed by atoms with van der Waals surface area (Å²) in [6, 6.07) is 16.3. The van der Waals surface area contributed by atoms with Crippen molar-refractivity contribution in [1.82, 2.24) is 10.2 Å². The van der Waals surface area contributed by atoms with E-state index in [2.05, 4.69) is 40.5 Å². The number of nitrogens with one attached hydrogen (secondary N) is 1. The molecule has 2 aliphatic heterocycles. The van der Waals surface area contributed by atoms with Crippen LogP contribution in [0.1, 0.15) is 28.7 Å². The van der Waals surface area contributed by atoms with Crippen molar-refractivity contribution >= 4 is 5.91 Å². The molecule has 1 fully saturated rings. The minimum Gasteiger partial charge on any atom is -0.496 e. The number of hydrogen-bond acceptors (Lipinski definition) is 3. The van der Waals surface area contributed by atoms with Crippen molar-refractivity contribution in [2.45, 2.75) is 12.0 Å². The van der Waals surface area contributed by atoms with Crippen LogP contribution in [0.25, 0.3) is 0 Å². The number of rotatable bonds is 2. The lowest BCUT2D eigenvalue weighted by atomic mass is 9.80. The molecule has 23 heavy (non-hydrogen) atoms. The first kappa shape index (κ1) is 14.3. The molecular weight excluding hydrogens is 288 g/mol. The molecule has 4 heteroatoms. The van der Waals surface area contributed by atoms with Crippen LogP contribution >= 0.6 is 0 Å². The monoisotopic (exact) mass is 308 g/mol. The fraction of sp³-hybridized carbons (Fsp3) is 0.316. The smallest absolute Gasteiger partial charge is 0.242 e. The topological polar surface area (TPSA) is 41.6 Å². The lowest BCUT2D eigenvalue weighted by molar-refractivity contribution is -0.129. The van der Waals surface area contributed by atoms with Gasteiger partial charge in [-0.25, -0.2) is 0 Å². The van der Waals surface area contributed by atoms with Gasteiger partial charge < -0.3 is 10.1 Å². The Kier molecular flexibility index (Phi) is 3.54. The average Bonchev–Trinajstić information content (AvgIpc) is 2.61. The molecule has 0 aromatic heterocycles. The molecule has 0 spiro atoms. The first-order chi connectivity index (χ1) is 11.3. The molecule has 2 aromatic carbocycles. The first-order valence-corrected chi connectivity index (χ1v) is 8.03. The quantitative estimate of drug-likeness (QED) is 0.926. The van der Waals surface area contributed by atoms with Crippen molar-refractivity contribution in [1.29, 1.82) is 0 Å². The minimum absolute atomic E-state index is 0.0947. The van der Waals surface area contributed by atoms with Crippen LogP contribution in [0, 0.1) is 0 Å². The molecule has 2 aromatic rings. The molecule has 0 unspecified atom stereocenters. The highest BCUT2D eigenvalue weighted by Crippen LogP contribution is 2.44. The maximum atomic E-state index is 12.4. The molecule has 1 amide bonds. The van der Waals surface area contributed by atoms with Gasteiger partial charge >= 0.3 is 0 Å². The lowest BCUT2D eigenvalue weighted by Crippen LogP contribution is -2.53. The van der Waals surface area contributed by atoms with Gasteiger partial charge in [-0.05, 0) is 17.2 Å². The van der Waals surface area contributed by atoms with Gasteiger partial charge in [-0.1, -0.05) is 42.5 Å². The number of piperazine rings is 1. The van der Waals surface area contributed by atoms with Crippen molar-refractivity contribution in [3.8, 4) is 5.75 Å². The van der Waals surface area contributed by atoms with E-state index in [4.69, 9.17) is 4.74 Å². The van der Waals surface area contributed by atoms with E-state index in [1.54, 1.807) is 7.11 Å². The van der Waals surface area contributed by atoms with Gasteiger partial charge in [0.2, 0.25) is 5.91 Å². The molecule has 2 aliphatic rings.